The van der Waals surface area contributed by atoms with Crippen LogP contribution < -0.4 is 5.32 Å². The zero-order chi connectivity index (χ0) is 11.6. The number of hydrogen-bond acceptors (Lipinski definition) is 2. The van der Waals surface area contributed by atoms with E-state index in [4.69, 9.17) is 0 Å². The van der Waals surface area contributed by atoms with Gasteiger partial charge in [0.2, 0.25) is 0 Å². The molecular formula is C14H21NO. The average molecular weight is 219 g/mol. The first kappa shape index (κ1) is 11.6. The maximum absolute atomic E-state index is 9.83. The van der Waals surface area contributed by atoms with Gasteiger partial charge in [-0.1, -0.05) is 30.3 Å². The Morgan fingerprint density at radius 3 is 2.38 bits per heavy atom. The highest BCUT2D eigenvalue weighted by atomic mass is 16.3. The van der Waals surface area contributed by atoms with Gasteiger partial charge in [-0.15, -0.1) is 0 Å². The summed E-state index contributed by atoms with van der Waals surface area (Å²) in [6, 6.07) is 10.7. The second-order valence-corrected chi connectivity index (χ2v) is 5.07. The van der Waals surface area contributed by atoms with Crippen molar-refractivity contribution in [3.63, 3.8) is 0 Å². The van der Waals surface area contributed by atoms with E-state index < -0.39 is 0 Å². The number of benzene rings is 1. The van der Waals surface area contributed by atoms with E-state index in [1.165, 1.54) is 18.4 Å². The minimum absolute atomic E-state index is 0.180. The van der Waals surface area contributed by atoms with Crippen LogP contribution in [0.15, 0.2) is 30.3 Å². The van der Waals surface area contributed by atoms with Crippen LogP contribution in [0.25, 0.3) is 0 Å². The summed E-state index contributed by atoms with van der Waals surface area (Å²) in [5.74, 6) is 0.585. The molecule has 16 heavy (non-hydrogen) atoms. The highest BCUT2D eigenvalue weighted by Gasteiger charge is 2.46. The maximum atomic E-state index is 9.83. The number of aliphatic hydroxyl groups excluding tert-OH is 1. The summed E-state index contributed by atoms with van der Waals surface area (Å²) in [6.45, 7) is 4.45. The third kappa shape index (κ3) is 2.13. The first-order valence-electron chi connectivity index (χ1n) is 6.13. The molecule has 2 nitrogen and oxygen atoms in total. The molecule has 1 aromatic rings. The van der Waals surface area contributed by atoms with Crippen molar-refractivity contribution in [2.45, 2.75) is 38.3 Å². The van der Waals surface area contributed by atoms with Crippen molar-refractivity contribution >= 4 is 0 Å². The van der Waals surface area contributed by atoms with Crippen molar-refractivity contribution in [3.8, 4) is 0 Å². The molecule has 0 saturated heterocycles. The molecule has 0 spiro atoms. The van der Waals surface area contributed by atoms with Crippen LogP contribution in [0.2, 0.25) is 0 Å². The van der Waals surface area contributed by atoms with Gasteiger partial charge >= 0.3 is 0 Å². The fourth-order valence-electron chi connectivity index (χ4n) is 2.53. The predicted octanol–water partition coefficient (Wildman–Crippen LogP) is 2.28. The van der Waals surface area contributed by atoms with Crippen molar-refractivity contribution in [1.82, 2.24) is 5.32 Å². The van der Waals surface area contributed by atoms with Crippen molar-refractivity contribution in [1.29, 1.82) is 0 Å². The van der Waals surface area contributed by atoms with Crippen LogP contribution in [0.3, 0.4) is 0 Å². The summed E-state index contributed by atoms with van der Waals surface area (Å²) in [7, 11) is 0. The van der Waals surface area contributed by atoms with Crippen LogP contribution in [0, 0.1) is 5.92 Å². The van der Waals surface area contributed by atoms with Gasteiger partial charge < -0.3 is 10.4 Å². The summed E-state index contributed by atoms with van der Waals surface area (Å²) in [5, 5.41) is 13.4. The molecule has 0 amide bonds. The second kappa shape index (κ2) is 4.56. The highest BCUT2D eigenvalue weighted by Crippen LogP contribution is 2.45. The van der Waals surface area contributed by atoms with E-state index in [2.05, 4.69) is 31.3 Å². The van der Waals surface area contributed by atoms with E-state index in [1.54, 1.807) is 0 Å². The number of hydrogen-bond donors (Lipinski definition) is 2. The first-order chi connectivity index (χ1) is 7.69. The lowest BCUT2D eigenvalue weighted by molar-refractivity contribution is 0.130. The molecular weight excluding hydrogens is 198 g/mol. The van der Waals surface area contributed by atoms with Gasteiger partial charge in [-0.05, 0) is 38.2 Å². The van der Waals surface area contributed by atoms with Gasteiger partial charge in [0.05, 0.1) is 12.1 Å². The Labute approximate surface area is 97.7 Å². The van der Waals surface area contributed by atoms with E-state index in [9.17, 15) is 5.11 Å². The lowest BCUT2D eigenvalue weighted by Gasteiger charge is -2.36. The van der Waals surface area contributed by atoms with Gasteiger partial charge in [0.15, 0.2) is 0 Å². The molecule has 2 rings (SSSR count). The molecule has 1 saturated carbocycles. The van der Waals surface area contributed by atoms with Crippen LogP contribution in [-0.2, 0) is 5.54 Å². The van der Waals surface area contributed by atoms with Crippen molar-refractivity contribution < 1.29 is 5.11 Å². The van der Waals surface area contributed by atoms with Gasteiger partial charge in [0.25, 0.3) is 0 Å². The highest BCUT2D eigenvalue weighted by molar-refractivity contribution is 5.27. The van der Waals surface area contributed by atoms with Gasteiger partial charge in [-0.3, -0.25) is 0 Å². The monoisotopic (exact) mass is 219 g/mol. The molecule has 0 heterocycles. The molecule has 1 unspecified atom stereocenters. The van der Waals surface area contributed by atoms with E-state index in [0.717, 1.165) is 0 Å². The summed E-state index contributed by atoms with van der Waals surface area (Å²) in [6.07, 6.45) is 2.43. The van der Waals surface area contributed by atoms with Crippen molar-refractivity contribution in [2.24, 2.45) is 5.92 Å². The van der Waals surface area contributed by atoms with Crippen LogP contribution in [0.5, 0.6) is 0 Å². The van der Waals surface area contributed by atoms with E-state index in [0.29, 0.717) is 12.0 Å². The van der Waals surface area contributed by atoms with E-state index in [-0.39, 0.29) is 12.1 Å². The summed E-state index contributed by atoms with van der Waals surface area (Å²) in [4.78, 5) is 0. The summed E-state index contributed by atoms with van der Waals surface area (Å²) in [5.41, 5.74) is 0.990. The summed E-state index contributed by atoms with van der Waals surface area (Å²) >= 11 is 0. The Morgan fingerprint density at radius 2 is 1.94 bits per heavy atom. The van der Waals surface area contributed by atoms with Gasteiger partial charge in [0.1, 0.15) is 0 Å². The smallest absolute Gasteiger partial charge is 0.0699 e. The lowest BCUT2D eigenvalue weighted by Crippen LogP contribution is -2.50. The van der Waals surface area contributed by atoms with Gasteiger partial charge in [-0.2, -0.15) is 0 Å². The van der Waals surface area contributed by atoms with Crippen molar-refractivity contribution in [3.05, 3.63) is 35.9 Å². The van der Waals surface area contributed by atoms with E-state index in [1.807, 2.05) is 18.2 Å². The Balaban J connectivity index is 2.32. The number of rotatable bonds is 5. The largest absolute Gasteiger partial charge is 0.394 e. The molecule has 0 bridgehead atoms. The molecule has 1 aliphatic rings. The third-order valence-corrected chi connectivity index (χ3v) is 3.36. The van der Waals surface area contributed by atoms with Crippen LogP contribution in [0.1, 0.15) is 32.3 Å². The average Bonchev–Trinajstić information content (AvgIpc) is 3.11. The van der Waals surface area contributed by atoms with Crippen LogP contribution in [-0.4, -0.2) is 17.8 Å². The molecule has 0 aromatic heterocycles. The Hall–Kier alpha value is -0.860. The fraction of sp³-hybridized carbons (Fsp3) is 0.571. The Kier molecular flexibility index (Phi) is 3.31. The van der Waals surface area contributed by atoms with Gasteiger partial charge in [0, 0.05) is 6.04 Å². The molecule has 1 aliphatic carbocycles. The maximum Gasteiger partial charge on any atom is 0.0699 e. The SMILES string of the molecule is CC(C)NC(CO)(c1ccccc1)C1CC1. The van der Waals surface area contributed by atoms with Crippen molar-refractivity contribution in [2.75, 3.05) is 6.61 Å². The molecule has 2 N–H and O–H groups in total. The topological polar surface area (TPSA) is 32.3 Å². The van der Waals surface area contributed by atoms with Crippen LogP contribution >= 0.6 is 0 Å². The summed E-state index contributed by atoms with van der Waals surface area (Å²) < 4.78 is 0. The third-order valence-electron chi connectivity index (χ3n) is 3.36. The second-order valence-electron chi connectivity index (χ2n) is 5.07. The minimum Gasteiger partial charge on any atom is -0.394 e. The quantitative estimate of drug-likeness (QED) is 0.796. The zero-order valence-corrected chi connectivity index (χ0v) is 10.1. The van der Waals surface area contributed by atoms with Crippen LogP contribution in [0.4, 0.5) is 0 Å². The fourth-order valence-corrected chi connectivity index (χ4v) is 2.53. The molecule has 1 fully saturated rings. The predicted molar refractivity (Wildman–Crippen MR) is 66.2 cm³/mol. The van der Waals surface area contributed by atoms with E-state index >= 15 is 0 Å². The molecule has 1 aromatic carbocycles. The van der Waals surface area contributed by atoms with Gasteiger partial charge in [-0.25, -0.2) is 0 Å². The standard InChI is InChI=1S/C14H21NO/c1-11(2)15-14(10-16,13-8-9-13)12-6-4-3-5-7-12/h3-7,11,13,15-16H,8-10H2,1-2H3. The molecule has 2 heteroatoms. The minimum atomic E-state index is -0.227. The number of nitrogens with one attached hydrogen (secondary N) is 1. The first-order valence-corrected chi connectivity index (χ1v) is 6.13. The Morgan fingerprint density at radius 1 is 1.31 bits per heavy atom. The molecule has 0 radical (unpaired) electrons. The molecule has 1 atom stereocenters. The lowest BCUT2D eigenvalue weighted by atomic mass is 9.85. The zero-order valence-electron chi connectivity index (χ0n) is 10.1. The Bertz CT molecular complexity index is 332. The number of aliphatic hydroxyl groups is 1. The molecule has 0 aliphatic heterocycles. The molecule has 88 valence electrons. The normalized spacial score (nSPS) is 19.8.